The van der Waals surface area contributed by atoms with Gasteiger partial charge in [0, 0.05) is 11.1 Å². The highest BCUT2D eigenvalue weighted by molar-refractivity contribution is 5.87. The van der Waals surface area contributed by atoms with E-state index in [9.17, 15) is 18.8 Å². The zero-order chi connectivity index (χ0) is 49.9. The molecular formula is C61H53FO10. The summed E-state index contributed by atoms with van der Waals surface area (Å²) >= 11 is 0. The lowest BCUT2D eigenvalue weighted by Crippen LogP contribution is -1.95. The van der Waals surface area contributed by atoms with Crippen molar-refractivity contribution in [2.24, 2.45) is 0 Å². The molecule has 0 unspecified atom stereocenters. The molecule has 72 heavy (non-hydrogen) atoms. The second kappa shape index (κ2) is 29.4. The van der Waals surface area contributed by atoms with Crippen LogP contribution in [0.15, 0.2) is 237 Å². The number of hydrogen-bond acceptors (Lipinski definition) is 9. The Hall–Kier alpha value is -9.48. The van der Waals surface area contributed by atoms with E-state index in [4.69, 9.17) is 33.9 Å². The lowest BCUT2D eigenvalue weighted by atomic mass is 10.2. The molecule has 0 saturated carbocycles. The molecule has 0 aliphatic rings. The number of carboxylic acids is 1. The molecule has 0 bridgehead atoms. The van der Waals surface area contributed by atoms with Crippen molar-refractivity contribution in [3.63, 3.8) is 0 Å². The number of rotatable bonds is 16. The lowest BCUT2D eigenvalue weighted by molar-refractivity contribution is 0.0696. The Bertz CT molecular complexity index is 2940. The summed E-state index contributed by atoms with van der Waals surface area (Å²) in [5.74, 6) is 3.93. The lowest BCUT2D eigenvalue weighted by Gasteiger charge is -2.09. The van der Waals surface area contributed by atoms with Gasteiger partial charge in [0.25, 0.3) is 0 Å². The first-order valence-electron chi connectivity index (χ1n) is 22.2. The average molecular weight is 965 g/mol. The molecule has 0 radical (unpaired) electrons. The minimum atomic E-state index is -0.957. The van der Waals surface area contributed by atoms with Crippen molar-refractivity contribution >= 4 is 18.5 Å². The zero-order valence-electron chi connectivity index (χ0n) is 38.3. The summed E-state index contributed by atoms with van der Waals surface area (Å²) in [7, 11) is 0. The number of phenolic OH excluding ortho intramolecular Hbond substituents is 1. The van der Waals surface area contributed by atoms with Crippen LogP contribution in [0.4, 0.5) is 4.39 Å². The van der Waals surface area contributed by atoms with Crippen LogP contribution in [-0.2, 0) is 19.8 Å². The molecule has 0 amide bonds. The summed E-state index contributed by atoms with van der Waals surface area (Å²) in [4.78, 5) is 31.4. The van der Waals surface area contributed by atoms with Crippen LogP contribution in [0.2, 0.25) is 0 Å². The molecule has 9 aromatic carbocycles. The number of halogens is 1. The highest BCUT2D eigenvalue weighted by atomic mass is 19.1. The van der Waals surface area contributed by atoms with Crippen LogP contribution in [0.25, 0.3) is 0 Å². The highest BCUT2D eigenvalue weighted by Crippen LogP contribution is 2.26. The molecular weight excluding hydrogens is 912 g/mol. The predicted octanol–water partition coefficient (Wildman–Crippen LogP) is 14.9. The maximum absolute atomic E-state index is 12.1. The molecule has 0 aromatic heterocycles. The SMILES string of the molecule is C.O=C(O)c1ccc(Oc2ccc(OCc3ccccc3)cc2)cc1.O=Cc1ccc(F)cc1.O=Cc1ccc(Oc2ccc(OCc3ccccc3)cc2)cc1.Oc1ccc(OCc2ccccc2)cc1. The average Bonchev–Trinajstić information content (AvgIpc) is 3.42. The van der Waals surface area contributed by atoms with Crippen molar-refractivity contribution in [2.45, 2.75) is 27.2 Å². The van der Waals surface area contributed by atoms with Crippen molar-refractivity contribution in [3.05, 3.63) is 276 Å². The van der Waals surface area contributed by atoms with Crippen molar-refractivity contribution in [1.82, 2.24) is 0 Å². The van der Waals surface area contributed by atoms with Gasteiger partial charge in [0.15, 0.2) is 0 Å². The van der Waals surface area contributed by atoms with Crippen LogP contribution in [0.3, 0.4) is 0 Å². The first-order chi connectivity index (χ1) is 34.7. The van der Waals surface area contributed by atoms with Gasteiger partial charge in [-0.05, 0) is 162 Å². The van der Waals surface area contributed by atoms with Gasteiger partial charge in [-0.15, -0.1) is 0 Å². The van der Waals surface area contributed by atoms with Gasteiger partial charge in [-0.25, -0.2) is 9.18 Å². The molecule has 0 fully saturated rings. The van der Waals surface area contributed by atoms with Gasteiger partial charge in [0.2, 0.25) is 0 Å². The van der Waals surface area contributed by atoms with Gasteiger partial charge in [-0.3, -0.25) is 9.59 Å². The molecule has 10 nitrogen and oxygen atoms in total. The molecule has 9 rings (SSSR count). The highest BCUT2D eigenvalue weighted by Gasteiger charge is 2.05. The van der Waals surface area contributed by atoms with Crippen LogP contribution >= 0.6 is 0 Å². The zero-order valence-corrected chi connectivity index (χ0v) is 38.3. The quantitative estimate of drug-likeness (QED) is 0.0900. The number of phenols is 1. The number of aromatic hydroxyl groups is 1. The maximum Gasteiger partial charge on any atom is 0.335 e. The third-order valence-electron chi connectivity index (χ3n) is 9.82. The van der Waals surface area contributed by atoms with Crippen molar-refractivity contribution in [1.29, 1.82) is 0 Å². The predicted molar refractivity (Wildman–Crippen MR) is 277 cm³/mol. The number of benzene rings is 9. The maximum atomic E-state index is 12.1. The van der Waals surface area contributed by atoms with Crippen LogP contribution in [-0.4, -0.2) is 28.8 Å². The van der Waals surface area contributed by atoms with Crippen molar-refractivity contribution < 1.29 is 52.7 Å². The molecule has 2 N–H and O–H groups in total. The Morgan fingerprint density at radius 2 is 0.667 bits per heavy atom. The Kier molecular flexibility index (Phi) is 21.8. The summed E-state index contributed by atoms with van der Waals surface area (Å²) in [6.07, 6.45) is 1.49. The van der Waals surface area contributed by atoms with Gasteiger partial charge in [0.1, 0.15) is 84.2 Å². The van der Waals surface area contributed by atoms with E-state index in [1.807, 2.05) is 140 Å². The molecule has 9 aromatic rings. The molecule has 364 valence electrons. The number of carboxylic acid groups (broad SMARTS) is 1. The summed E-state index contributed by atoms with van der Waals surface area (Å²) in [5.41, 5.74) is 4.72. The topological polar surface area (TPSA) is 138 Å². The van der Waals surface area contributed by atoms with Gasteiger partial charge in [-0.1, -0.05) is 98.4 Å². The summed E-state index contributed by atoms with van der Waals surface area (Å²) in [6, 6.07) is 70.0. The standard InChI is InChI=1S/C20H16O4.C20H16O3.C13H12O2.C7H5FO.CH4/c21-20(22)16-6-8-18(9-7-16)24-19-12-10-17(11-13-19)23-14-15-4-2-1-3-5-15;21-14-16-6-8-19(9-7-16)23-20-12-10-18(11-13-20)22-15-17-4-2-1-3-5-17;14-12-6-8-13(9-7-12)15-10-11-4-2-1-3-5-11;8-7-3-1-6(5-9)2-4-7;/h1-13H,14H2,(H,21,22);1-14H,15H2;1-9,14H,10H2;1-5H;1H4. The largest absolute Gasteiger partial charge is 0.508 e. The molecule has 0 saturated heterocycles. The number of hydrogen-bond donors (Lipinski definition) is 2. The van der Waals surface area contributed by atoms with E-state index in [0.717, 1.165) is 46.0 Å². The van der Waals surface area contributed by atoms with Crippen molar-refractivity contribution in [3.8, 4) is 46.0 Å². The molecule has 0 aliphatic heterocycles. The third-order valence-corrected chi connectivity index (χ3v) is 9.82. The molecule has 11 heteroatoms. The number of aldehydes is 2. The van der Waals surface area contributed by atoms with E-state index in [0.29, 0.717) is 54.5 Å². The van der Waals surface area contributed by atoms with E-state index in [-0.39, 0.29) is 24.6 Å². The summed E-state index contributed by atoms with van der Waals surface area (Å²) < 4.78 is 40.5. The van der Waals surface area contributed by atoms with Gasteiger partial charge in [-0.2, -0.15) is 0 Å². The minimum absolute atomic E-state index is 0. The van der Waals surface area contributed by atoms with Crippen LogP contribution < -0.4 is 23.7 Å². The van der Waals surface area contributed by atoms with Gasteiger partial charge < -0.3 is 33.9 Å². The van der Waals surface area contributed by atoms with Crippen molar-refractivity contribution in [2.75, 3.05) is 0 Å². The molecule has 0 atom stereocenters. The Morgan fingerprint density at radius 3 is 0.986 bits per heavy atom. The first-order valence-corrected chi connectivity index (χ1v) is 22.2. The van der Waals surface area contributed by atoms with E-state index in [2.05, 4.69) is 0 Å². The number of carbonyl (C=O) groups excluding carboxylic acids is 2. The molecule has 0 spiro atoms. The third kappa shape index (κ3) is 19.3. The number of carbonyl (C=O) groups is 3. The molecule has 0 aliphatic carbocycles. The van der Waals surface area contributed by atoms with E-state index >= 15 is 0 Å². The smallest absolute Gasteiger partial charge is 0.335 e. The van der Waals surface area contributed by atoms with Gasteiger partial charge >= 0.3 is 5.97 Å². The summed E-state index contributed by atoms with van der Waals surface area (Å²) in [5, 5.41) is 18.0. The second-order valence-electron chi connectivity index (χ2n) is 15.1. The Labute approximate surface area is 418 Å². The van der Waals surface area contributed by atoms with Crippen LogP contribution in [0, 0.1) is 5.82 Å². The Balaban J connectivity index is 0.000000187. The fourth-order valence-electron chi connectivity index (χ4n) is 6.07. The fourth-order valence-corrected chi connectivity index (χ4v) is 6.07. The summed E-state index contributed by atoms with van der Waals surface area (Å²) in [6.45, 7) is 1.59. The first kappa shape index (κ1) is 53.5. The molecule has 0 heterocycles. The van der Waals surface area contributed by atoms with Gasteiger partial charge in [0.05, 0.1) is 5.56 Å². The normalized spacial score (nSPS) is 9.79. The Morgan fingerprint density at radius 1 is 0.389 bits per heavy atom. The van der Waals surface area contributed by atoms with Crippen LogP contribution in [0.1, 0.15) is 55.2 Å². The fraction of sp³-hybridized carbons (Fsp3) is 0.0656. The minimum Gasteiger partial charge on any atom is -0.508 e. The second-order valence-corrected chi connectivity index (χ2v) is 15.1. The van der Waals surface area contributed by atoms with E-state index in [1.165, 1.54) is 36.4 Å². The van der Waals surface area contributed by atoms with E-state index < -0.39 is 5.97 Å². The number of ether oxygens (including phenoxy) is 5. The number of aromatic carboxylic acids is 1. The van der Waals surface area contributed by atoms with E-state index in [1.54, 1.807) is 60.7 Å². The monoisotopic (exact) mass is 964 g/mol. The van der Waals surface area contributed by atoms with Crippen LogP contribution in [0.5, 0.6) is 46.0 Å².